The summed E-state index contributed by atoms with van der Waals surface area (Å²) in [6.45, 7) is 12.5. The van der Waals surface area contributed by atoms with Gasteiger partial charge in [-0.3, -0.25) is 4.57 Å². The van der Waals surface area contributed by atoms with Gasteiger partial charge >= 0.3 is 29.1 Å². The van der Waals surface area contributed by atoms with Crippen LogP contribution in [0, 0.1) is 5.92 Å². The van der Waals surface area contributed by atoms with Crippen LogP contribution >= 0.6 is 27.5 Å². The molecule has 2 saturated heterocycles. The standard InChI is InChI=1S/C34H42ClN3O5Si.CH3Br.Mg.2H/c1-34(2,39)18-25-19-41-31-28(20-42-30(25)31)43-33-37-32-27(38(33)21-40-15-16-44(3,4)5)17-26(35)29(36-32)24-13-11-23(12-14-24)22-9-7-6-8-10-22;1-2;;;/h6-14,17,25,28,30-31,39H,15-16,18-21H2,1-5H3;1H3;;;/q;;+2;2*-1/t25?,28-,30-,31-;;;;/m1..../s1. The maximum Gasteiger partial charge on any atom is 2.00 e. The molecule has 8 nitrogen and oxygen atoms in total. The van der Waals surface area contributed by atoms with E-state index in [-0.39, 0.29) is 56.9 Å². The maximum atomic E-state index is 10.4. The third kappa shape index (κ3) is 9.58. The minimum Gasteiger partial charge on any atom is -1.00 e. The molecule has 0 radical (unpaired) electrons. The monoisotopic (exact) mass is 755 g/mol. The molecule has 47 heavy (non-hydrogen) atoms. The molecule has 0 bridgehead atoms. The Morgan fingerprint density at radius 3 is 2.28 bits per heavy atom. The zero-order chi connectivity index (χ0) is 33.1. The van der Waals surface area contributed by atoms with Crippen molar-refractivity contribution in [3.63, 3.8) is 0 Å². The molecular weight excluding hydrogens is 710 g/mol. The molecule has 4 aromatic rings. The van der Waals surface area contributed by atoms with Crippen molar-refractivity contribution in [1.29, 1.82) is 0 Å². The summed E-state index contributed by atoms with van der Waals surface area (Å²) in [5.41, 5.74) is 4.32. The molecule has 0 amide bonds. The Hall–Kier alpha value is -1.55. The van der Waals surface area contributed by atoms with Gasteiger partial charge in [-0.05, 0) is 49.3 Å². The van der Waals surface area contributed by atoms with Crippen LogP contribution < -0.4 is 4.74 Å². The molecule has 6 rings (SSSR count). The van der Waals surface area contributed by atoms with Gasteiger partial charge in [-0.1, -0.05) is 102 Å². The molecule has 2 aliphatic rings. The predicted octanol–water partition coefficient (Wildman–Crippen LogP) is 7.91. The van der Waals surface area contributed by atoms with Crippen LogP contribution in [0.5, 0.6) is 6.01 Å². The van der Waals surface area contributed by atoms with Gasteiger partial charge in [-0.2, -0.15) is 4.98 Å². The number of pyridine rings is 1. The number of hydrogen-bond acceptors (Lipinski definition) is 7. The summed E-state index contributed by atoms with van der Waals surface area (Å²) in [7, 11) is -1.26. The molecule has 0 saturated carbocycles. The number of benzene rings is 2. The number of hydrogen-bond donors (Lipinski definition) is 1. The molecule has 1 N–H and O–H groups in total. The Balaban J connectivity index is 0.00000164. The molecule has 4 atom stereocenters. The Labute approximate surface area is 311 Å². The molecule has 2 aromatic carbocycles. The SMILES string of the molecule is CBr.CC(C)(O)CC1CO[C@H]2[C@@H]1OC[C@H]2Oc1nc2nc(-c3ccc(-c4ccccc4)cc3)c(Cl)cc2n1COCC[Si](C)(C)C.[H-].[H-].[Mg+2]. The van der Waals surface area contributed by atoms with Crippen LogP contribution in [0.25, 0.3) is 33.5 Å². The summed E-state index contributed by atoms with van der Waals surface area (Å²) in [5.74, 6) is 1.92. The van der Waals surface area contributed by atoms with Crippen LogP contribution in [0.1, 0.15) is 23.1 Å². The van der Waals surface area contributed by atoms with Crippen molar-refractivity contribution in [3.05, 3.63) is 65.7 Å². The smallest absolute Gasteiger partial charge is 1.00 e. The van der Waals surface area contributed by atoms with Gasteiger partial charge in [0.2, 0.25) is 0 Å². The molecule has 2 fully saturated rings. The van der Waals surface area contributed by atoms with E-state index in [4.69, 9.17) is 40.5 Å². The Morgan fingerprint density at radius 2 is 1.62 bits per heavy atom. The van der Waals surface area contributed by atoms with Crippen LogP contribution in [0.4, 0.5) is 0 Å². The molecule has 4 heterocycles. The number of halogens is 2. The number of nitrogens with zero attached hydrogens (tertiary/aromatic N) is 3. The van der Waals surface area contributed by atoms with Crippen molar-refractivity contribution < 1.29 is 26.9 Å². The maximum absolute atomic E-state index is 10.4. The average molecular weight is 758 g/mol. The third-order valence-corrected chi connectivity index (χ3v) is 10.3. The first-order chi connectivity index (χ1) is 21.9. The molecular formula is C35H47BrClMgN3O5Si. The second-order valence-electron chi connectivity index (χ2n) is 13.8. The van der Waals surface area contributed by atoms with E-state index < -0.39 is 13.7 Å². The summed E-state index contributed by atoms with van der Waals surface area (Å²) >= 11 is 9.81. The van der Waals surface area contributed by atoms with Gasteiger partial charge in [-0.25, -0.2) is 4.98 Å². The normalized spacial score (nSPS) is 20.8. The van der Waals surface area contributed by atoms with Gasteiger partial charge in [0, 0.05) is 26.2 Å². The van der Waals surface area contributed by atoms with Gasteiger partial charge in [0.1, 0.15) is 12.8 Å². The van der Waals surface area contributed by atoms with Crippen LogP contribution in [0.2, 0.25) is 30.7 Å². The third-order valence-electron chi connectivity index (χ3n) is 8.27. The fourth-order valence-corrected chi connectivity index (χ4v) is 7.01. The Morgan fingerprint density at radius 1 is 0.979 bits per heavy atom. The number of alkyl halides is 1. The molecule has 0 spiro atoms. The molecule has 2 aromatic heterocycles. The second kappa shape index (κ2) is 16.4. The number of ether oxygens (including phenoxy) is 4. The largest absolute Gasteiger partial charge is 2.00 e. The average Bonchev–Trinajstić information content (AvgIpc) is 3.70. The molecule has 12 heteroatoms. The van der Waals surface area contributed by atoms with E-state index in [0.717, 1.165) is 28.3 Å². The van der Waals surface area contributed by atoms with Gasteiger partial charge in [-0.15, -0.1) is 0 Å². The van der Waals surface area contributed by atoms with Crippen molar-refractivity contribution in [3.8, 4) is 28.4 Å². The van der Waals surface area contributed by atoms with Gasteiger partial charge < -0.3 is 26.9 Å². The van der Waals surface area contributed by atoms with Crippen molar-refractivity contribution >= 4 is 69.8 Å². The van der Waals surface area contributed by atoms with E-state index in [0.29, 0.717) is 48.6 Å². The zero-order valence-electron chi connectivity index (χ0n) is 30.2. The fourth-order valence-electron chi connectivity index (χ4n) is 6.00. The van der Waals surface area contributed by atoms with Gasteiger partial charge in [0.05, 0.1) is 41.2 Å². The van der Waals surface area contributed by atoms with Crippen molar-refractivity contribution in [2.75, 3.05) is 25.7 Å². The van der Waals surface area contributed by atoms with Crippen molar-refractivity contribution in [1.82, 2.24) is 14.5 Å². The minimum absolute atomic E-state index is 0. The summed E-state index contributed by atoms with van der Waals surface area (Å²) in [5, 5.41) is 10.9. The topological polar surface area (TPSA) is 87.9 Å². The first-order valence-electron chi connectivity index (χ1n) is 15.8. The number of rotatable bonds is 11. The van der Waals surface area contributed by atoms with Gasteiger partial charge in [0.15, 0.2) is 11.8 Å². The quantitative estimate of drug-likeness (QED) is 0.0946. The van der Waals surface area contributed by atoms with E-state index in [1.165, 1.54) is 0 Å². The predicted molar refractivity (Wildman–Crippen MR) is 199 cm³/mol. The zero-order valence-corrected chi connectivity index (χ0v) is 33.0. The second-order valence-corrected chi connectivity index (χ2v) is 19.8. The van der Waals surface area contributed by atoms with Crippen LogP contribution in [0.15, 0.2) is 60.7 Å². The number of aliphatic hydroxyl groups is 1. The molecule has 1 unspecified atom stereocenters. The van der Waals surface area contributed by atoms with Crippen molar-refractivity contribution in [2.45, 2.75) is 76.6 Å². The first kappa shape index (κ1) is 38.3. The number of aromatic nitrogens is 3. The van der Waals surface area contributed by atoms with E-state index in [2.05, 4.69) is 59.8 Å². The molecule has 2 aliphatic heterocycles. The van der Waals surface area contributed by atoms with Crippen LogP contribution in [-0.2, 0) is 20.9 Å². The Kier molecular flexibility index (Phi) is 13.4. The fraction of sp³-hybridized carbons (Fsp3) is 0.486. The summed E-state index contributed by atoms with van der Waals surface area (Å²) in [6, 6.07) is 21.8. The summed E-state index contributed by atoms with van der Waals surface area (Å²) in [4.78, 5) is 9.74. The number of imidazole rings is 1. The van der Waals surface area contributed by atoms with E-state index in [1.807, 2.05) is 60.6 Å². The van der Waals surface area contributed by atoms with E-state index in [9.17, 15) is 5.11 Å². The Bertz CT molecular complexity index is 1610. The van der Waals surface area contributed by atoms with Crippen LogP contribution in [0.3, 0.4) is 0 Å². The van der Waals surface area contributed by atoms with Crippen LogP contribution in [-0.4, -0.2) is 100 Å². The summed E-state index contributed by atoms with van der Waals surface area (Å²) in [6.07, 6.45) is -0.110. The summed E-state index contributed by atoms with van der Waals surface area (Å²) < 4.78 is 26.9. The number of fused-ring (bicyclic) bond motifs is 2. The van der Waals surface area contributed by atoms with E-state index >= 15 is 0 Å². The first-order valence-corrected chi connectivity index (χ1v) is 21.4. The van der Waals surface area contributed by atoms with Crippen molar-refractivity contribution in [2.24, 2.45) is 5.92 Å². The van der Waals surface area contributed by atoms with E-state index in [1.54, 1.807) is 0 Å². The molecule has 0 aliphatic carbocycles. The van der Waals surface area contributed by atoms with Gasteiger partial charge in [0.25, 0.3) is 0 Å². The minimum atomic E-state index is -1.26. The molecule has 252 valence electrons.